The van der Waals surface area contributed by atoms with E-state index in [9.17, 15) is 8.42 Å². The van der Waals surface area contributed by atoms with Crippen LogP contribution in [0.2, 0.25) is 0 Å². The van der Waals surface area contributed by atoms with Gasteiger partial charge >= 0.3 is 0 Å². The molecule has 0 unspecified atom stereocenters. The van der Waals surface area contributed by atoms with Crippen LogP contribution in [0.5, 0.6) is 0 Å². The molecule has 2 rings (SSSR count). The van der Waals surface area contributed by atoms with Crippen LogP contribution < -0.4 is 5.73 Å². The van der Waals surface area contributed by atoms with Gasteiger partial charge in [0.15, 0.2) is 0 Å². The van der Waals surface area contributed by atoms with E-state index >= 15 is 0 Å². The van der Waals surface area contributed by atoms with Crippen molar-refractivity contribution in [2.45, 2.75) is 32.2 Å². The van der Waals surface area contributed by atoms with Crippen molar-refractivity contribution in [2.24, 2.45) is 11.7 Å². The van der Waals surface area contributed by atoms with Crippen molar-refractivity contribution in [3.8, 4) is 0 Å². The zero-order chi connectivity index (χ0) is 14.4. The summed E-state index contributed by atoms with van der Waals surface area (Å²) in [5.41, 5.74) is 6.57. The number of benzene rings is 1. The van der Waals surface area contributed by atoms with E-state index in [4.69, 9.17) is 5.73 Å². The first-order chi connectivity index (χ1) is 9.62. The number of rotatable bonds is 8. The second-order valence-electron chi connectivity index (χ2n) is 5.51. The molecule has 1 saturated carbocycles. The maximum absolute atomic E-state index is 12.4. The van der Waals surface area contributed by atoms with Crippen LogP contribution in [0.25, 0.3) is 0 Å². The van der Waals surface area contributed by atoms with E-state index < -0.39 is 10.0 Å². The molecule has 21 heavy (non-hydrogen) atoms. The molecular weight excluding hydrogens is 308 g/mol. The molecule has 0 atom stereocenters. The van der Waals surface area contributed by atoms with E-state index in [-0.39, 0.29) is 18.2 Å². The summed E-state index contributed by atoms with van der Waals surface area (Å²) in [6.07, 6.45) is 4.41. The normalized spacial score (nSPS) is 15.5. The Morgan fingerprint density at radius 3 is 2.38 bits per heavy atom. The van der Waals surface area contributed by atoms with Gasteiger partial charge < -0.3 is 5.73 Å². The average Bonchev–Trinajstić information content (AvgIpc) is 2.37. The fourth-order valence-corrected chi connectivity index (χ4v) is 4.09. The summed E-state index contributed by atoms with van der Waals surface area (Å²) in [7, 11) is -3.20. The molecule has 4 nitrogen and oxygen atoms in total. The first-order valence-corrected chi connectivity index (χ1v) is 8.94. The molecule has 2 N–H and O–H groups in total. The lowest BCUT2D eigenvalue weighted by atomic mass is 9.84. The van der Waals surface area contributed by atoms with Crippen molar-refractivity contribution in [3.63, 3.8) is 0 Å². The van der Waals surface area contributed by atoms with Gasteiger partial charge in [-0.15, -0.1) is 12.4 Å². The summed E-state index contributed by atoms with van der Waals surface area (Å²) >= 11 is 0. The van der Waals surface area contributed by atoms with Gasteiger partial charge in [0.05, 0.1) is 5.75 Å². The Balaban J connectivity index is 0.00000220. The first kappa shape index (κ1) is 18.4. The molecule has 120 valence electrons. The largest absolute Gasteiger partial charge is 0.329 e. The molecule has 1 aliphatic rings. The first-order valence-electron chi connectivity index (χ1n) is 7.33. The van der Waals surface area contributed by atoms with Gasteiger partial charge in [-0.05, 0) is 17.9 Å². The van der Waals surface area contributed by atoms with Crippen LogP contribution in [0.1, 0.15) is 31.2 Å². The van der Waals surface area contributed by atoms with Crippen LogP contribution >= 0.6 is 12.4 Å². The Morgan fingerprint density at radius 1 is 1.19 bits per heavy atom. The van der Waals surface area contributed by atoms with Crippen molar-refractivity contribution in [1.29, 1.82) is 0 Å². The number of sulfonamides is 1. The topological polar surface area (TPSA) is 63.4 Å². The van der Waals surface area contributed by atoms with Crippen molar-refractivity contribution < 1.29 is 8.42 Å². The Morgan fingerprint density at radius 2 is 1.86 bits per heavy atom. The highest BCUT2D eigenvalue weighted by Crippen LogP contribution is 2.30. The minimum atomic E-state index is -3.20. The van der Waals surface area contributed by atoms with Gasteiger partial charge in [-0.25, -0.2) is 8.42 Å². The number of nitrogens with two attached hydrogens (primary N) is 1. The van der Waals surface area contributed by atoms with Crippen LogP contribution in [0, 0.1) is 5.92 Å². The van der Waals surface area contributed by atoms with Gasteiger partial charge in [-0.1, -0.05) is 49.6 Å². The van der Waals surface area contributed by atoms with Gasteiger partial charge in [-0.3, -0.25) is 0 Å². The monoisotopic (exact) mass is 332 g/mol. The lowest BCUT2D eigenvalue weighted by Crippen LogP contribution is -2.37. The molecule has 0 aromatic heterocycles. The predicted molar refractivity (Wildman–Crippen MR) is 88.9 cm³/mol. The fourth-order valence-electron chi connectivity index (χ4n) is 2.47. The fraction of sp³-hybridized carbons (Fsp3) is 0.600. The minimum Gasteiger partial charge on any atom is -0.329 e. The molecule has 1 aliphatic carbocycles. The van der Waals surface area contributed by atoms with Crippen LogP contribution in [0.15, 0.2) is 30.3 Å². The zero-order valence-electron chi connectivity index (χ0n) is 12.3. The van der Waals surface area contributed by atoms with Gasteiger partial charge in [-0.2, -0.15) is 4.31 Å². The summed E-state index contributed by atoms with van der Waals surface area (Å²) in [4.78, 5) is 0. The molecule has 0 amide bonds. The minimum absolute atomic E-state index is 0. The highest BCUT2D eigenvalue weighted by molar-refractivity contribution is 7.89. The summed E-state index contributed by atoms with van der Waals surface area (Å²) in [6, 6.07) is 9.69. The molecule has 0 heterocycles. The van der Waals surface area contributed by atoms with E-state index in [2.05, 4.69) is 0 Å². The maximum Gasteiger partial charge on any atom is 0.214 e. The standard InChI is InChI=1S/C15H24N2O2S.ClH/c16-10-11-17(13-15-5-2-1-3-6-15)20(18,19)12-9-14-7-4-8-14;/h1-3,5-6,14H,4,7-13,16H2;1H. The number of hydrogen-bond donors (Lipinski definition) is 1. The second-order valence-corrected chi connectivity index (χ2v) is 7.60. The Labute approximate surface area is 134 Å². The number of nitrogens with zero attached hydrogens (tertiary/aromatic N) is 1. The van der Waals surface area contributed by atoms with E-state index in [0.29, 0.717) is 25.6 Å². The van der Waals surface area contributed by atoms with E-state index in [1.54, 1.807) is 0 Å². The third-order valence-electron chi connectivity index (χ3n) is 3.98. The second kappa shape index (κ2) is 8.73. The van der Waals surface area contributed by atoms with Crippen molar-refractivity contribution in [1.82, 2.24) is 4.31 Å². The van der Waals surface area contributed by atoms with Crippen molar-refractivity contribution in [2.75, 3.05) is 18.8 Å². The molecule has 0 saturated heterocycles. The van der Waals surface area contributed by atoms with Gasteiger partial charge in [0, 0.05) is 19.6 Å². The van der Waals surface area contributed by atoms with E-state index in [1.807, 2.05) is 30.3 Å². The highest BCUT2D eigenvalue weighted by Gasteiger charge is 2.25. The lowest BCUT2D eigenvalue weighted by molar-refractivity contribution is 0.304. The number of hydrogen-bond acceptors (Lipinski definition) is 3. The quantitative estimate of drug-likeness (QED) is 0.795. The van der Waals surface area contributed by atoms with Crippen molar-refractivity contribution in [3.05, 3.63) is 35.9 Å². The summed E-state index contributed by atoms with van der Waals surface area (Å²) < 4.78 is 26.4. The number of halogens is 1. The molecule has 0 radical (unpaired) electrons. The SMILES string of the molecule is Cl.NCCN(Cc1ccccc1)S(=O)(=O)CCC1CCC1. The van der Waals surface area contributed by atoms with Crippen LogP contribution in [0.4, 0.5) is 0 Å². The van der Waals surface area contributed by atoms with Gasteiger partial charge in [0.1, 0.15) is 0 Å². The molecule has 1 aromatic carbocycles. The van der Waals surface area contributed by atoms with Crippen LogP contribution in [-0.2, 0) is 16.6 Å². The molecule has 1 aromatic rings. The van der Waals surface area contributed by atoms with E-state index in [1.165, 1.54) is 23.6 Å². The third-order valence-corrected chi connectivity index (χ3v) is 5.83. The molecular formula is C15H25ClN2O2S. The molecule has 0 aliphatic heterocycles. The Kier molecular flexibility index (Phi) is 7.66. The molecule has 6 heteroatoms. The summed E-state index contributed by atoms with van der Waals surface area (Å²) in [5, 5.41) is 0. The third kappa shape index (κ3) is 5.58. The summed E-state index contributed by atoms with van der Waals surface area (Å²) in [5.74, 6) is 0.867. The van der Waals surface area contributed by atoms with E-state index in [0.717, 1.165) is 12.0 Å². The molecule has 1 fully saturated rings. The van der Waals surface area contributed by atoms with Crippen LogP contribution in [0.3, 0.4) is 0 Å². The smallest absolute Gasteiger partial charge is 0.214 e. The molecule has 0 bridgehead atoms. The van der Waals surface area contributed by atoms with Crippen LogP contribution in [-0.4, -0.2) is 31.6 Å². The maximum atomic E-state index is 12.4. The average molecular weight is 333 g/mol. The molecule has 0 spiro atoms. The highest BCUT2D eigenvalue weighted by atomic mass is 35.5. The van der Waals surface area contributed by atoms with Crippen molar-refractivity contribution >= 4 is 22.4 Å². The Hall–Kier alpha value is -0.620. The van der Waals surface area contributed by atoms with Gasteiger partial charge in [0.25, 0.3) is 0 Å². The predicted octanol–water partition coefficient (Wildman–Crippen LogP) is 2.39. The summed E-state index contributed by atoms with van der Waals surface area (Å²) in [6.45, 7) is 1.17. The Bertz CT molecular complexity index is 504. The lowest BCUT2D eigenvalue weighted by Gasteiger charge is -2.27. The van der Waals surface area contributed by atoms with Gasteiger partial charge in [0.2, 0.25) is 10.0 Å². The zero-order valence-corrected chi connectivity index (χ0v) is 13.9.